The van der Waals surface area contributed by atoms with Crippen molar-refractivity contribution in [2.75, 3.05) is 26.2 Å². The SMILES string of the molecule is O=C(/C=C/c1ccncc1)N1CCCN(S(=O)(=O)c2ccccc2)CC1. The number of hydrogen-bond acceptors (Lipinski definition) is 4. The minimum Gasteiger partial charge on any atom is -0.338 e. The van der Waals surface area contributed by atoms with Crippen LogP contribution < -0.4 is 0 Å². The van der Waals surface area contributed by atoms with Gasteiger partial charge in [0.15, 0.2) is 0 Å². The molecule has 0 spiro atoms. The molecule has 1 aliphatic rings. The third kappa shape index (κ3) is 4.36. The Kier molecular flexibility index (Phi) is 5.80. The quantitative estimate of drug-likeness (QED) is 0.771. The van der Waals surface area contributed by atoms with Crippen LogP contribution in [-0.4, -0.2) is 54.7 Å². The number of aromatic nitrogens is 1. The molecule has 136 valence electrons. The zero-order valence-corrected chi connectivity index (χ0v) is 15.2. The third-order valence-electron chi connectivity index (χ3n) is 4.27. The molecule has 0 bridgehead atoms. The second-order valence-electron chi connectivity index (χ2n) is 6.01. The molecule has 2 heterocycles. The number of benzene rings is 1. The second-order valence-corrected chi connectivity index (χ2v) is 7.95. The van der Waals surface area contributed by atoms with Crippen LogP contribution in [0.5, 0.6) is 0 Å². The Bertz CT molecular complexity index is 867. The predicted molar refractivity (Wildman–Crippen MR) is 99.7 cm³/mol. The van der Waals surface area contributed by atoms with E-state index >= 15 is 0 Å². The van der Waals surface area contributed by atoms with Crippen LogP contribution in [0.3, 0.4) is 0 Å². The zero-order chi connectivity index (χ0) is 18.4. The summed E-state index contributed by atoms with van der Waals surface area (Å²) in [6, 6.07) is 12.0. The summed E-state index contributed by atoms with van der Waals surface area (Å²) < 4.78 is 26.9. The van der Waals surface area contributed by atoms with Gasteiger partial charge in [0.05, 0.1) is 4.90 Å². The number of hydrogen-bond donors (Lipinski definition) is 0. The third-order valence-corrected chi connectivity index (χ3v) is 6.18. The van der Waals surface area contributed by atoms with E-state index in [1.165, 1.54) is 10.4 Å². The van der Waals surface area contributed by atoms with Crippen LogP contribution in [-0.2, 0) is 14.8 Å². The minimum absolute atomic E-state index is 0.110. The minimum atomic E-state index is -3.52. The monoisotopic (exact) mass is 371 g/mol. The van der Waals surface area contributed by atoms with Gasteiger partial charge in [-0.15, -0.1) is 0 Å². The Morgan fingerprint density at radius 2 is 1.69 bits per heavy atom. The summed E-state index contributed by atoms with van der Waals surface area (Å²) >= 11 is 0. The van der Waals surface area contributed by atoms with Crippen LogP contribution >= 0.6 is 0 Å². The van der Waals surface area contributed by atoms with Gasteiger partial charge in [0.25, 0.3) is 0 Å². The van der Waals surface area contributed by atoms with Crippen LogP contribution in [0.1, 0.15) is 12.0 Å². The van der Waals surface area contributed by atoms with Gasteiger partial charge in [-0.2, -0.15) is 4.31 Å². The summed E-state index contributed by atoms with van der Waals surface area (Å²) in [6.45, 7) is 1.63. The maximum absolute atomic E-state index is 12.7. The molecule has 1 fully saturated rings. The summed E-state index contributed by atoms with van der Waals surface area (Å²) in [7, 11) is -3.52. The lowest BCUT2D eigenvalue weighted by Gasteiger charge is -2.21. The number of carbonyl (C=O) groups is 1. The van der Waals surface area contributed by atoms with E-state index in [1.807, 2.05) is 12.1 Å². The van der Waals surface area contributed by atoms with E-state index in [1.54, 1.807) is 53.7 Å². The van der Waals surface area contributed by atoms with Crippen LogP contribution in [0, 0.1) is 0 Å². The highest BCUT2D eigenvalue weighted by molar-refractivity contribution is 7.89. The predicted octanol–water partition coefficient (Wildman–Crippen LogP) is 2.02. The van der Waals surface area contributed by atoms with Crippen molar-refractivity contribution in [2.24, 2.45) is 0 Å². The van der Waals surface area contributed by atoms with Crippen molar-refractivity contribution < 1.29 is 13.2 Å². The van der Waals surface area contributed by atoms with Crippen molar-refractivity contribution in [3.63, 3.8) is 0 Å². The van der Waals surface area contributed by atoms with Gasteiger partial charge in [-0.1, -0.05) is 18.2 Å². The van der Waals surface area contributed by atoms with Gasteiger partial charge in [0.2, 0.25) is 15.9 Å². The van der Waals surface area contributed by atoms with E-state index in [9.17, 15) is 13.2 Å². The fourth-order valence-electron chi connectivity index (χ4n) is 2.84. The Hall–Kier alpha value is -2.51. The van der Waals surface area contributed by atoms with Gasteiger partial charge in [0, 0.05) is 44.6 Å². The molecule has 0 atom stereocenters. The van der Waals surface area contributed by atoms with Gasteiger partial charge in [0.1, 0.15) is 0 Å². The summed E-state index contributed by atoms with van der Waals surface area (Å²) in [5.41, 5.74) is 0.899. The standard InChI is InChI=1S/C19H21N3O3S/c23-19(8-7-17-9-11-20-12-10-17)21-13-4-14-22(16-15-21)26(24,25)18-5-2-1-3-6-18/h1-3,5-12H,4,13-16H2/b8-7+. The first-order valence-electron chi connectivity index (χ1n) is 8.49. The molecule has 26 heavy (non-hydrogen) atoms. The molecule has 1 aliphatic heterocycles. The Balaban J connectivity index is 1.65. The van der Waals surface area contributed by atoms with Gasteiger partial charge in [-0.3, -0.25) is 9.78 Å². The number of rotatable bonds is 4. The number of carbonyl (C=O) groups excluding carboxylic acids is 1. The number of sulfonamides is 1. The topological polar surface area (TPSA) is 70.6 Å². The molecule has 0 unspecified atom stereocenters. The van der Waals surface area contributed by atoms with Gasteiger partial charge in [-0.25, -0.2) is 8.42 Å². The molecule has 0 aliphatic carbocycles. The second kappa shape index (κ2) is 8.25. The fraction of sp³-hybridized carbons (Fsp3) is 0.263. The smallest absolute Gasteiger partial charge is 0.246 e. The molecule has 0 N–H and O–H groups in total. The van der Waals surface area contributed by atoms with Crippen molar-refractivity contribution >= 4 is 22.0 Å². The normalized spacial score (nSPS) is 16.5. The first kappa shape index (κ1) is 18.3. The Morgan fingerprint density at radius 1 is 0.962 bits per heavy atom. The maximum Gasteiger partial charge on any atom is 0.246 e. The number of amides is 1. The highest BCUT2D eigenvalue weighted by atomic mass is 32.2. The van der Waals surface area contributed by atoms with E-state index in [2.05, 4.69) is 4.98 Å². The van der Waals surface area contributed by atoms with Crippen LogP contribution in [0.15, 0.2) is 65.8 Å². The highest BCUT2D eigenvalue weighted by Gasteiger charge is 2.27. The molecular formula is C19H21N3O3S. The molecule has 3 rings (SSSR count). The molecule has 2 aromatic rings. The summed E-state index contributed by atoms with van der Waals surface area (Å²) in [5.74, 6) is -0.110. The average molecular weight is 371 g/mol. The number of nitrogens with zero attached hydrogens (tertiary/aromatic N) is 3. The fourth-order valence-corrected chi connectivity index (χ4v) is 4.33. The molecule has 0 saturated carbocycles. The molecule has 1 amide bonds. The van der Waals surface area contributed by atoms with Crippen LogP contribution in [0.2, 0.25) is 0 Å². The van der Waals surface area contributed by atoms with Crippen molar-refractivity contribution in [2.45, 2.75) is 11.3 Å². The van der Waals surface area contributed by atoms with E-state index in [-0.39, 0.29) is 10.8 Å². The average Bonchev–Trinajstić information content (AvgIpc) is 2.94. The first-order chi connectivity index (χ1) is 12.6. The van der Waals surface area contributed by atoms with Crippen molar-refractivity contribution in [1.82, 2.24) is 14.2 Å². The lowest BCUT2D eigenvalue weighted by atomic mass is 10.2. The molecule has 1 saturated heterocycles. The molecule has 6 nitrogen and oxygen atoms in total. The molecular weight excluding hydrogens is 350 g/mol. The van der Waals surface area contributed by atoms with E-state index in [4.69, 9.17) is 0 Å². The zero-order valence-electron chi connectivity index (χ0n) is 14.4. The summed E-state index contributed by atoms with van der Waals surface area (Å²) in [6.07, 6.45) is 7.22. The maximum atomic E-state index is 12.7. The molecule has 1 aromatic heterocycles. The Labute approximate surface area is 153 Å². The van der Waals surface area contributed by atoms with E-state index < -0.39 is 10.0 Å². The van der Waals surface area contributed by atoms with Gasteiger partial charge >= 0.3 is 0 Å². The van der Waals surface area contributed by atoms with Crippen LogP contribution in [0.4, 0.5) is 0 Å². The molecule has 0 radical (unpaired) electrons. The molecule has 7 heteroatoms. The summed E-state index contributed by atoms with van der Waals surface area (Å²) in [5, 5.41) is 0. The summed E-state index contributed by atoms with van der Waals surface area (Å²) in [4.78, 5) is 18.3. The van der Waals surface area contributed by atoms with Gasteiger partial charge < -0.3 is 4.90 Å². The van der Waals surface area contributed by atoms with Crippen LogP contribution in [0.25, 0.3) is 6.08 Å². The molecule has 1 aromatic carbocycles. The lowest BCUT2D eigenvalue weighted by Crippen LogP contribution is -2.36. The Morgan fingerprint density at radius 3 is 2.42 bits per heavy atom. The van der Waals surface area contributed by atoms with Gasteiger partial charge in [-0.05, 0) is 42.3 Å². The van der Waals surface area contributed by atoms with E-state index in [0.29, 0.717) is 32.6 Å². The van der Waals surface area contributed by atoms with Crippen molar-refractivity contribution in [3.8, 4) is 0 Å². The first-order valence-corrected chi connectivity index (χ1v) is 9.93. The van der Waals surface area contributed by atoms with Crippen molar-refractivity contribution in [1.29, 1.82) is 0 Å². The van der Waals surface area contributed by atoms with Crippen molar-refractivity contribution in [3.05, 3.63) is 66.5 Å². The number of pyridine rings is 1. The highest BCUT2D eigenvalue weighted by Crippen LogP contribution is 2.17. The largest absolute Gasteiger partial charge is 0.338 e. The lowest BCUT2D eigenvalue weighted by molar-refractivity contribution is -0.125. The van der Waals surface area contributed by atoms with E-state index in [0.717, 1.165) is 5.56 Å².